The average molecular weight is 346 g/mol. The molecule has 2 aliphatic rings. The van der Waals surface area contributed by atoms with Crippen molar-refractivity contribution in [2.24, 2.45) is 5.92 Å². The second-order valence-electron chi connectivity index (χ2n) is 7.75. The molecule has 2 bridgehead atoms. The molecule has 2 heterocycles. The van der Waals surface area contributed by atoms with Crippen molar-refractivity contribution in [3.8, 4) is 5.75 Å². The molecule has 2 fully saturated rings. The van der Waals surface area contributed by atoms with Gasteiger partial charge < -0.3 is 19.7 Å². The molecule has 25 heavy (non-hydrogen) atoms. The normalized spacial score (nSPS) is 25.0. The van der Waals surface area contributed by atoms with Crippen molar-refractivity contribution in [3.05, 3.63) is 24.3 Å². The lowest BCUT2D eigenvalue weighted by atomic mass is 9.88. The van der Waals surface area contributed by atoms with Crippen LogP contribution >= 0.6 is 0 Å². The van der Waals surface area contributed by atoms with Gasteiger partial charge in [0, 0.05) is 17.8 Å². The minimum Gasteiger partial charge on any atom is -0.497 e. The molecule has 0 spiro atoms. The highest BCUT2D eigenvalue weighted by Gasteiger charge is 2.52. The standard InChI is InChI=1S/C19H26N2O4/c1-19(2,3)25-18(23)21-13-7-10-16(21)15(11-13)17(22)20-12-5-8-14(24-4)9-6-12/h5-6,8-9,13,15-16H,7,10-11H2,1-4H3,(H,20,22). The van der Waals surface area contributed by atoms with Gasteiger partial charge in [0.1, 0.15) is 11.4 Å². The van der Waals surface area contributed by atoms with E-state index in [9.17, 15) is 9.59 Å². The molecule has 2 aliphatic heterocycles. The van der Waals surface area contributed by atoms with Gasteiger partial charge in [0.15, 0.2) is 0 Å². The second-order valence-corrected chi connectivity index (χ2v) is 7.75. The van der Waals surface area contributed by atoms with Crippen LogP contribution in [-0.4, -0.2) is 41.7 Å². The minimum atomic E-state index is -0.528. The lowest BCUT2D eigenvalue weighted by molar-refractivity contribution is -0.120. The quantitative estimate of drug-likeness (QED) is 0.910. The Morgan fingerprint density at radius 2 is 1.84 bits per heavy atom. The third kappa shape index (κ3) is 3.72. The number of hydrogen-bond donors (Lipinski definition) is 1. The number of nitrogens with one attached hydrogen (secondary N) is 1. The molecule has 2 amide bonds. The number of methoxy groups -OCH3 is 1. The smallest absolute Gasteiger partial charge is 0.410 e. The predicted molar refractivity (Wildman–Crippen MR) is 94.6 cm³/mol. The van der Waals surface area contributed by atoms with E-state index >= 15 is 0 Å². The molecule has 3 atom stereocenters. The van der Waals surface area contributed by atoms with Crippen LogP contribution in [0.4, 0.5) is 10.5 Å². The molecule has 1 aromatic carbocycles. The number of amides is 2. The second kappa shape index (κ2) is 6.58. The zero-order valence-corrected chi connectivity index (χ0v) is 15.2. The highest BCUT2D eigenvalue weighted by atomic mass is 16.6. The van der Waals surface area contributed by atoms with Crippen LogP contribution in [0, 0.1) is 5.92 Å². The van der Waals surface area contributed by atoms with Crippen molar-refractivity contribution >= 4 is 17.7 Å². The van der Waals surface area contributed by atoms with Crippen molar-refractivity contribution in [2.45, 2.75) is 57.7 Å². The van der Waals surface area contributed by atoms with E-state index < -0.39 is 5.60 Å². The topological polar surface area (TPSA) is 67.9 Å². The van der Waals surface area contributed by atoms with Crippen molar-refractivity contribution in [2.75, 3.05) is 12.4 Å². The Hall–Kier alpha value is -2.24. The van der Waals surface area contributed by atoms with Crippen molar-refractivity contribution in [3.63, 3.8) is 0 Å². The van der Waals surface area contributed by atoms with Crippen LogP contribution in [0.2, 0.25) is 0 Å². The van der Waals surface area contributed by atoms with Gasteiger partial charge in [0.25, 0.3) is 0 Å². The summed E-state index contributed by atoms with van der Waals surface area (Å²) in [5, 5.41) is 2.95. The van der Waals surface area contributed by atoms with Gasteiger partial charge >= 0.3 is 6.09 Å². The van der Waals surface area contributed by atoms with Crippen LogP contribution < -0.4 is 10.1 Å². The monoisotopic (exact) mass is 346 g/mol. The van der Waals surface area contributed by atoms with E-state index in [0.717, 1.165) is 24.3 Å². The zero-order chi connectivity index (χ0) is 18.2. The first-order valence-electron chi connectivity index (χ1n) is 8.75. The number of ether oxygens (including phenoxy) is 2. The van der Waals surface area contributed by atoms with Crippen molar-refractivity contribution in [1.82, 2.24) is 4.90 Å². The number of anilines is 1. The fourth-order valence-electron chi connectivity index (χ4n) is 3.78. The summed E-state index contributed by atoms with van der Waals surface area (Å²) in [6.45, 7) is 5.57. The molecular formula is C19H26N2O4. The Kier molecular flexibility index (Phi) is 4.62. The molecule has 0 radical (unpaired) electrons. The van der Waals surface area contributed by atoms with E-state index in [1.807, 2.05) is 45.0 Å². The van der Waals surface area contributed by atoms with Gasteiger partial charge in [-0.25, -0.2) is 4.79 Å². The van der Waals surface area contributed by atoms with E-state index in [1.54, 1.807) is 12.0 Å². The van der Waals surface area contributed by atoms with Crippen LogP contribution in [0.1, 0.15) is 40.0 Å². The third-order valence-corrected chi connectivity index (χ3v) is 4.84. The Balaban J connectivity index is 1.65. The van der Waals surface area contributed by atoms with Crippen LogP contribution in [0.25, 0.3) is 0 Å². The number of nitrogens with zero attached hydrogens (tertiary/aromatic N) is 1. The molecule has 0 aliphatic carbocycles. The maximum atomic E-state index is 12.7. The average Bonchev–Trinajstić information content (AvgIpc) is 3.12. The first-order valence-corrected chi connectivity index (χ1v) is 8.75. The summed E-state index contributed by atoms with van der Waals surface area (Å²) >= 11 is 0. The predicted octanol–water partition coefficient (Wildman–Crippen LogP) is 3.42. The summed E-state index contributed by atoms with van der Waals surface area (Å²) in [6.07, 6.45) is 2.19. The zero-order valence-electron chi connectivity index (χ0n) is 15.2. The first-order chi connectivity index (χ1) is 11.8. The number of hydrogen-bond acceptors (Lipinski definition) is 4. The van der Waals surface area contributed by atoms with Gasteiger partial charge in [0.05, 0.1) is 13.0 Å². The van der Waals surface area contributed by atoms with Crippen molar-refractivity contribution < 1.29 is 19.1 Å². The molecule has 3 unspecified atom stereocenters. The number of carbonyl (C=O) groups excluding carboxylic acids is 2. The molecule has 6 heteroatoms. The number of fused-ring (bicyclic) bond motifs is 2. The van der Waals surface area contributed by atoms with Gasteiger partial charge in [0.2, 0.25) is 5.91 Å². The van der Waals surface area contributed by atoms with Gasteiger partial charge in [-0.3, -0.25) is 4.79 Å². The van der Waals surface area contributed by atoms with E-state index in [-0.39, 0.29) is 30.0 Å². The third-order valence-electron chi connectivity index (χ3n) is 4.84. The largest absolute Gasteiger partial charge is 0.497 e. The Labute approximate surface area is 148 Å². The molecule has 2 saturated heterocycles. The van der Waals surface area contributed by atoms with Gasteiger partial charge in [-0.15, -0.1) is 0 Å². The number of benzene rings is 1. The lowest BCUT2D eigenvalue weighted by Crippen LogP contribution is -2.42. The summed E-state index contributed by atoms with van der Waals surface area (Å²) in [5.74, 6) is 0.522. The van der Waals surface area contributed by atoms with Crippen molar-refractivity contribution in [1.29, 1.82) is 0 Å². The molecule has 1 N–H and O–H groups in total. The van der Waals surface area contributed by atoms with Crippen LogP contribution in [0.15, 0.2) is 24.3 Å². The summed E-state index contributed by atoms with van der Waals surface area (Å²) in [6, 6.07) is 7.28. The Bertz CT molecular complexity index is 650. The summed E-state index contributed by atoms with van der Waals surface area (Å²) in [5.41, 5.74) is 0.206. The highest BCUT2D eigenvalue weighted by Crippen LogP contribution is 2.43. The fourth-order valence-corrected chi connectivity index (χ4v) is 3.78. The van der Waals surface area contributed by atoms with Crippen LogP contribution in [0.5, 0.6) is 5.75 Å². The van der Waals surface area contributed by atoms with Gasteiger partial charge in [-0.05, 0) is 64.3 Å². The van der Waals surface area contributed by atoms with Gasteiger partial charge in [-0.1, -0.05) is 0 Å². The molecule has 136 valence electrons. The molecule has 6 nitrogen and oxygen atoms in total. The SMILES string of the molecule is COc1ccc(NC(=O)C2CC3CCC2N3C(=O)OC(C)(C)C)cc1. The highest BCUT2D eigenvalue weighted by molar-refractivity contribution is 5.94. The Morgan fingerprint density at radius 1 is 1.16 bits per heavy atom. The fraction of sp³-hybridized carbons (Fsp3) is 0.579. The molecule has 0 aromatic heterocycles. The maximum absolute atomic E-state index is 12.7. The lowest BCUT2D eigenvalue weighted by Gasteiger charge is -2.28. The molecule has 1 aromatic rings. The molecule has 0 saturated carbocycles. The van der Waals surface area contributed by atoms with Crippen LogP contribution in [0.3, 0.4) is 0 Å². The van der Waals surface area contributed by atoms with E-state index in [1.165, 1.54) is 0 Å². The summed E-state index contributed by atoms with van der Waals surface area (Å²) < 4.78 is 10.6. The first kappa shape index (κ1) is 17.6. The van der Waals surface area contributed by atoms with Crippen LogP contribution in [-0.2, 0) is 9.53 Å². The Morgan fingerprint density at radius 3 is 2.44 bits per heavy atom. The maximum Gasteiger partial charge on any atom is 0.410 e. The van der Waals surface area contributed by atoms with E-state index in [2.05, 4.69) is 5.32 Å². The molecule has 3 rings (SSSR count). The van der Waals surface area contributed by atoms with E-state index in [0.29, 0.717) is 6.42 Å². The summed E-state index contributed by atoms with van der Waals surface area (Å²) in [7, 11) is 1.61. The molecular weight excluding hydrogens is 320 g/mol. The van der Waals surface area contributed by atoms with Gasteiger partial charge in [-0.2, -0.15) is 0 Å². The number of rotatable bonds is 3. The summed E-state index contributed by atoms with van der Waals surface area (Å²) in [4.78, 5) is 26.9. The minimum absolute atomic E-state index is 0.0362. The number of carbonyl (C=O) groups is 2. The van der Waals surface area contributed by atoms with E-state index in [4.69, 9.17) is 9.47 Å².